The molecular formula is C15H37N5O4. The van der Waals surface area contributed by atoms with Crippen molar-refractivity contribution in [1.82, 2.24) is 24.5 Å². The highest BCUT2D eigenvalue weighted by Crippen LogP contribution is 1.92. The molecule has 0 aromatic rings. The molecule has 146 valence electrons. The number of aliphatic hydroxyl groups excluding tert-OH is 4. The fraction of sp³-hybridized carbons (Fsp3) is 1.00. The fourth-order valence-electron chi connectivity index (χ4n) is 2.01. The molecule has 0 unspecified atom stereocenters. The van der Waals surface area contributed by atoms with Crippen LogP contribution in [0.4, 0.5) is 0 Å². The van der Waals surface area contributed by atoms with E-state index in [1.807, 2.05) is 14.1 Å². The molecule has 0 saturated carbocycles. The standard InChI is InChI=1S/C15H37N5O4/c1-16(4-6-17(2)8-10-19(12-21)13-22)5-7-18(3)9-11-20(14-23)15-24/h21-24H,4-15H2,1-3H3. The molecule has 0 aromatic heterocycles. The smallest absolute Gasteiger partial charge is 0.0974 e. The lowest BCUT2D eigenvalue weighted by molar-refractivity contribution is 0.0235. The Morgan fingerprint density at radius 1 is 0.417 bits per heavy atom. The van der Waals surface area contributed by atoms with Gasteiger partial charge in [-0.25, -0.2) is 0 Å². The molecule has 0 rings (SSSR count). The first kappa shape index (κ1) is 23.6. The summed E-state index contributed by atoms with van der Waals surface area (Å²) in [5.41, 5.74) is 0. The highest BCUT2D eigenvalue weighted by molar-refractivity contribution is 4.62. The zero-order valence-electron chi connectivity index (χ0n) is 15.5. The summed E-state index contributed by atoms with van der Waals surface area (Å²) in [4.78, 5) is 9.75. The monoisotopic (exact) mass is 351 g/mol. The van der Waals surface area contributed by atoms with Gasteiger partial charge in [0.15, 0.2) is 0 Å². The van der Waals surface area contributed by atoms with Crippen LogP contribution in [0.2, 0.25) is 0 Å². The van der Waals surface area contributed by atoms with Gasteiger partial charge < -0.3 is 35.1 Å². The Hall–Kier alpha value is -0.360. The van der Waals surface area contributed by atoms with Gasteiger partial charge in [0.2, 0.25) is 0 Å². The van der Waals surface area contributed by atoms with Gasteiger partial charge in [0.25, 0.3) is 0 Å². The number of hydrogen-bond donors (Lipinski definition) is 4. The van der Waals surface area contributed by atoms with E-state index in [4.69, 9.17) is 20.4 Å². The van der Waals surface area contributed by atoms with Gasteiger partial charge in [-0.15, -0.1) is 0 Å². The van der Waals surface area contributed by atoms with Crippen molar-refractivity contribution in [1.29, 1.82) is 0 Å². The van der Waals surface area contributed by atoms with Crippen LogP contribution in [-0.4, -0.2) is 145 Å². The first-order chi connectivity index (χ1) is 11.5. The first-order valence-corrected chi connectivity index (χ1v) is 8.40. The van der Waals surface area contributed by atoms with Crippen molar-refractivity contribution >= 4 is 0 Å². The SMILES string of the molecule is CN(CCN(C)CCN(CO)CO)CCN(C)CCN(CO)CO. The first-order valence-electron chi connectivity index (χ1n) is 8.40. The second-order valence-corrected chi connectivity index (χ2v) is 6.26. The molecule has 9 nitrogen and oxygen atoms in total. The molecule has 0 fully saturated rings. The van der Waals surface area contributed by atoms with Crippen LogP contribution in [0.25, 0.3) is 0 Å². The van der Waals surface area contributed by atoms with Crippen molar-refractivity contribution in [3.63, 3.8) is 0 Å². The molecule has 0 aliphatic heterocycles. The van der Waals surface area contributed by atoms with Gasteiger partial charge in [0.1, 0.15) is 0 Å². The second kappa shape index (κ2) is 14.9. The Morgan fingerprint density at radius 2 is 0.625 bits per heavy atom. The zero-order valence-corrected chi connectivity index (χ0v) is 15.5. The van der Waals surface area contributed by atoms with E-state index in [0.29, 0.717) is 13.1 Å². The van der Waals surface area contributed by atoms with Crippen molar-refractivity contribution in [2.75, 3.05) is 100 Å². The van der Waals surface area contributed by atoms with Gasteiger partial charge in [-0.2, -0.15) is 0 Å². The number of rotatable bonds is 16. The molecule has 0 bridgehead atoms. The van der Waals surface area contributed by atoms with Crippen molar-refractivity contribution in [2.45, 2.75) is 0 Å². The fourth-order valence-corrected chi connectivity index (χ4v) is 2.01. The maximum atomic E-state index is 8.99. The Labute approximate surface area is 146 Å². The summed E-state index contributed by atoms with van der Waals surface area (Å²) < 4.78 is 0. The Kier molecular flexibility index (Phi) is 14.7. The Bertz CT molecular complexity index is 255. The molecule has 0 aliphatic rings. The van der Waals surface area contributed by atoms with E-state index in [0.717, 1.165) is 39.3 Å². The Balaban J connectivity index is 3.75. The van der Waals surface area contributed by atoms with Crippen molar-refractivity contribution in [3.8, 4) is 0 Å². The largest absolute Gasteiger partial charge is 0.381 e. The number of hydrogen-bond acceptors (Lipinski definition) is 9. The van der Waals surface area contributed by atoms with E-state index in [1.54, 1.807) is 9.80 Å². The van der Waals surface area contributed by atoms with Gasteiger partial charge in [-0.05, 0) is 21.1 Å². The second-order valence-electron chi connectivity index (χ2n) is 6.26. The minimum Gasteiger partial charge on any atom is -0.381 e. The molecule has 0 atom stereocenters. The highest BCUT2D eigenvalue weighted by atomic mass is 16.3. The molecule has 9 heteroatoms. The molecule has 0 saturated heterocycles. The summed E-state index contributed by atoms with van der Waals surface area (Å²) in [6.45, 7) is 6.12. The molecule has 0 aromatic carbocycles. The highest BCUT2D eigenvalue weighted by Gasteiger charge is 2.07. The lowest BCUT2D eigenvalue weighted by Gasteiger charge is -2.26. The predicted molar refractivity (Wildman–Crippen MR) is 94.2 cm³/mol. The van der Waals surface area contributed by atoms with E-state index >= 15 is 0 Å². The van der Waals surface area contributed by atoms with E-state index in [2.05, 4.69) is 21.7 Å². The lowest BCUT2D eigenvalue weighted by Crippen LogP contribution is -2.40. The van der Waals surface area contributed by atoms with E-state index in [9.17, 15) is 0 Å². The van der Waals surface area contributed by atoms with Gasteiger partial charge in [-0.1, -0.05) is 0 Å². The molecule has 24 heavy (non-hydrogen) atoms. The van der Waals surface area contributed by atoms with Gasteiger partial charge in [0.05, 0.1) is 26.9 Å². The maximum absolute atomic E-state index is 8.99. The average Bonchev–Trinajstić information content (AvgIpc) is 2.59. The van der Waals surface area contributed by atoms with Crippen LogP contribution in [0.1, 0.15) is 0 Å². The summed E-state index contributed by atoms with van der Waals surface area (Å²) in [5, 5.41) is 36.0. The lowest BCUT2D eigenvalue weighted by atomic mass is 10.4. The van der Waals surface area contributed by atoms with Crippen molar-refractivity contribution < 1.29 is 20.4 Å². The third-order valence-electron chi connectivity index (χ3n) is 4.12. The number of aliphatic hydroxyl groups is 4. The summed E-state index contributed by atoms with van der Waals surface area (Å²) >= 11 is 0. The normalized spacial score (nSPS) is 12.5. The molecular weight excluding hydrogens is 314 g/mol. The van der Waals surface area contributed by atoms with Gasteiger partial charge >= 0.3 is 0 Å². The number of likely N-dealkylation sites (N-methyl/N-ethyl adjacent to an activating group) is 3. The number of nitrogens with zero attached hydrogens (tertiary/aromatic N) is 5. The summed E-state index contributed by atoms with van der Waals surface area (Å²) in [6.07, 6.45) is 0. The zero-order chi connectivity index (χ0) is 18.4. The van der Waals surface area contributed by atoms with Crippen LogP contribution in [0.5, 0.6) is 0 Å². The topological polar surface area (TPSA) is 97.1 Å². The minimum atomic E-state index is -0.124. The van der Waals surface area contributed by atoms with Crippen molar-refractivity contribution in [3.05, 3.63) is 0 Å². The van der Waals surface area contributed by atoms with Crippen LogP contribution in [0.15, 0.2) is 0 Å². The third kappa shape index (κ3) is 12.1. The van der Waals surface area contributed by atoms with Crippen LogP contribution in [0, 0.1) is 0 Å². The van der Waals surface area contributed by atoms with Crippen LogP contribution in [-0.2, 0) is 0 Å². The third-order valence-corrected chi connectivity index (χ3v) is 4.12. The maximum Gasteiger partial charge on any atom is 0.0974 e. The minimum absolute atomic E-state index is 0.124. The van der Waals surface area contributed by atoms with Crippen LogP contribution >= 0.6 is 0 Å². The molecule has 0 aliphatic carbocycles. The quantitative estimate of drug-likeness (QED) is 0.220. The summed E-state index contributed by atoms with van der Waals surface area (Å²) in [6, 6.07) is 0. The average molecular weight is 351 g/mol. The van der Waals surface area contributed by atoms with Crippen molar-refractivity contribution in [2.24, 2.45) is 0 Å². The van der Waals surface area contributed by atoms with Crippen LogP contribution < -0.4 is 0 Å². The molecule has 0 radical (unpaired) electrons. The predicted octanol–water partition coefficient (Wildman–Crippen LogP) is -2.81. The summed E-state index contributed by atoms with van der Waals surface area (Å²) in [7, 11) is 6.15. The molecule has 4 N–H and O–H groups in total. The molecule has 0 spiro atoms. The Morgan fingerprint density at radius 3 is 0.833 bits per heavy atom. The molecule has 0 heterocycles. The van der Waals surface area contributed by atoms with Crippen LogP contribution in [0.3, 0.4) is 0 Å². The summed E-state index contributed by atoms with van der Waals surface area (Å²) in [5.74, 6) is 0. The van der Waals surface area contributed by atoms with E-state index < -0.39 is 0 Å². The van der Waals surface area contributed by atoms with E-state index in [1.165, 1.54) is 0 Å². The van der Waals surface area contributed by atoms with E-state index in [-0.39, 0.29) is 26.9 Å². The molecule has 0 amide bonds. The van der Waals surface area contributed by atoms with Gasteiger partial charge in [0, 0.05) is 52.4 Å². The van der Waals surface area contributed by atoms with Gasteiger partial charge in [-0.3, -0.25) is 9.80 Å².